The van der Waals surface area contributed by atoms with Gasteiger partial charge < -0.3 is 4.90 Å². The molecule has 76 valence electrons. The van der Waals surface area contributed by atoms with Gasteiger partial charge in [0, 0.05) is 19.5 Å². The molecule has 1 saturated heterocycles. The molecule has 1 fully saturated rings. The van der Waals surface area contributed by atoms with E-state index >= 15 is 0 Å². The number of hydrogen-bond acceptors (Lipinski definition) is 1. The highest BCUT2D eigenvalue weighted by atomic mass is 16.2. The Morgan fingerprint density at radius 1 is 1.46 bits per heavy atom. The highest BCUT2D eigenvalue weighted by molar-refractivity contribution is 5.78. The van der Waals surface area contributed by atoms with Crippen LogP contribution in [0.3, 0.4) is 0 Å². The van der Waals surface area contributed by atoms with E-state index in [1.807, 2.05) is 4.90 Å². The minimum absolute atomic E-state index is 0.344. The van der Waals surface area contributed by atoms with Gasteiger partial charge in [-0.1, -0.05) is 20.8 Å². The molecule has 1 unspecified atom stereocenters. The maximum atomic E-state index is 11.4. The molecule has 0 aromatic heterocycles. The Labute approximate surface area is 81.3 Å². The molecule has 1 heterocycles. The molecule has 2 heteroatoms. The summed E-state index contributed by atoms with van der Waals surface area (Å²) in [6, 6.07) is 0. The normalized spacial score (nSPS) is 24.2. The summed E-state index contributed by atoms with van der Waals surface area (Å²) in [5.74, 6) is 0.934. The van der Waals surface area contributed by atoms with E-state index in [4.69, 9.17) is 0 Å². The highest BCUT2D eigenvalue weighted by Gasteiger charge is 2.30. The fourth-order valence-electron chi connectivity index (χ4n) is 2.16. The van der Waals surface area contributed by atoms with Crippen molar-refractivity contribution in [3.63, 3.8) is 0 Å². The van der Waals surface area contributed by atoms with Gasteiger partial charge in [0.15, 0.2) is 0 Å². The van der Waals surface area contributed by atoms with Crippen LogP contribution >= 0.6 is 0 Å². The van der Waals surface area contributed by atoms with Gasteiger partial charge in [-0.05, 0) is 24.7 Å². The first-order valence-electron chi connectivity index (χ1n) is 5.20. The SMILES string of the molecule is CCN1CC(CC(C)(C)C)CC1=O. The second-order valence-electron chi connectivity index (χ2n) is 5.27. The van der Waals surface area contributed by atoms with Crippen molar-refractivity contribution in [3.8, 4) is 0 Å². The van der Waals surface area contributed by atoms with Crippen LogP contribution in [0.15, 0.2) is 0 Å². The quantitative estimate of drug-likeness (QED) is 0.643. The molecule has 0 aromatic rings. The first-order chi connectivity index (χ1) is 5.92. The molecule has 0 aromatic carbocycles. The van der Waals surface area contributed by atoms with Crippen LogP contribution in [0, 0.1) is 11.3 Å². The van der Waals surface area contributed by atoms with Crippen molar-refractivity contribution in [1.82, 2.24) is 4.90 Å². The smallest absolute Gasteiger partial charge is 0.222 e. The molecular weight excluding hydrogens is 162 g/mol. The van der Waals surface area contributed by atoms with E-state index in [0.29, 0.717) is 17.2 Å². The first-order valence-corrected chi connectivity index (χ1v) is 5.20. The zero-order chi connectivity index (χ0) is 10.1. The molecule has 1 amide bonds. The van der Waals surface area contributed by atoms with Crippen LogP contribution in [-0.4, -0.2) is 23.9 Å². The number of likely N-dealkylation sites (tertiary alicyclic amines) is 1. The molecule has 0 spiro atoms. The van der Waals surface area contributed by atoms with Gasteiger partial charge in [0.25, 0.3) is 0 Å². The molecule has 0 aliphatic carbocycles. The lowest BCUT2D eigenvalue weighted by Gasteiger charge is -2.22. The molecule has 1 aliphatic rings. The molecule has 1 atom stereocenters. The summed E-state index contributed by atoms with van der Waals surface area (Å²) in [4.78, 5) is 13.4. The van der Waals surface area contributed by atoms with Crippen molar-refractivity contribution in [3.05, 3.63) is 0 Å². The molecular formula is C11H21NO. The number of amides is 1. The fourth-order valence-corrected chi connectivity index (χ4v) is 2.16. The fraction of sp³-hybridized carbons (Fsp3) is 0.909. The van der Waals surface area contributed by atoms with E-state index in [1.165, 1.54) is 0 Å². The van der Waals surface area contributed by atoms with Crippen LogP contribution in [0.1, 0.15) is 40.5 Å². The Bertz CT molecular complexity index is 193. The van der Waals surface area contributed by atoms with Gasteiger partial charge in [-0.2, -0.15) is 0 Å². The molecule has 1 rings (SSSR count). The van der Waals surface area contributed by atoms with Crippen LogP contribution in [0.2, 0.25) is 0 Å². The summed E-state index contributed by atoms with van der Waals surface area (Å²) in [5, 5.41) is 0. The van der Waals surface area contributed by atoms with Crippen LogP contribution in [0.25, 0.3) is 0 Å². The van der Waals surface area contributed by atoms with Gasteiger partial charge in [0.1, 0.15) is 0 Å². The van der Waals surface area contributed by atoms with Crippen molar-refractivity contribution in [2.24, 2.45) is 11.3 Å². The third-order valence-electron chi connectivity index (χ3n) is 2.58. The summed E-state index contributed by atoms with van der Waals surface area (Å²) in [7, 11) is 0. The maximum Gasteiger partial charge on any atom is 0.222 e. The second kappa shape index (κ2) is 3.69. The monoisotopic (exact) mass is 183 g/mol. The topological polar surface area (TPSA) is 20.3 Å². The lowest BCUT2D eigenvalue weighted by atomic mass is 9.84. The van der Waals surface area contributed by atoms with Gasteiger partial charge in [-0.3, -0.25) is 4.79 Å². The minimum atomic E-state index is 0.344. The van der Waals surface area contributed by atoms with E-state index in [-0.39, 0.29) is 0 Å². The van der Waals surface area contributed by atoms with Gasteiger partial charge in [0.2, 0.25) is 5.91 Å². The lowest BCUT2D eigenvalue weighted by Crippen LogP contribution is -2.25. The molecule has 2 nitrogen and oxygen atoms in total. The van der Waals surface area contributed by atoms with E-state index in [9.17, 15) is 4.79 Å². The Balaban J connectivity index is 2.45. The summed E-state index contributed by atoms with van der Waals surface area (Å²) >= 11 is 0. The van der Waals surface area contributed by atoms with Crippen molar-refractivity contribution in [1.29, 1.82) is 0 Å². The van der Waals surface area contributed by atoms with Gasteiger partial charge >= 0.3 is 0 Å². The zero-order valence-corrected chi connectivity index (χ0v) is 9.26. The molecule has 0 bridgehead atoms. The van der Waals surface area contributed by atoms with Crippen LogP contribution in [0.4, 0.5) is 0 Å². The molecule has 1 aliphatic heterocycles. The van der Waals surface area contributed by atoms with E-state index in [2.05, 4.69) is 27.7 Å². The van der Waals surface area contributed by atoms with Crippen LogP contribution in [-0.2, 0) is 4.79 Å². The average Bonchev–Trinajstić information content (AvgIpc) is 2.26. The Morgan fingerprint density at radius 3 is 2.46 bits per heavy atom. The van der Waals surface area contributed by atoms with E-state index in [0.717, 1.165) is 25.9 Å². The average molecular weight is 183 g/mol. The molecule has 0 saturated carbocycles. The number of hydrogen-bond donors (Lipinski definition) is 0. The summed E-state index contributed by atoms with van der Waals surface area (Å²) in [6.45, 7) is 10.6. The second-order valence-corrected chi connectivity index (χ2v) is 5.27. The standard InChI is InChI=1S/C11H21NO/c1-5-12-8-9(6-10(12)13)7-11(2,3)4/h9H,5-8H2,1-4H3. The van der Waals surface area contributed by atoms with Crippen LogP contribution < -0.4 is 0 Å². The third kappa shape index (κ3) is 3.02. The van der Waals surface area contributed by atoms with Gasteiger partial charge in [-0.25, -0.2) is 0 Å². The Hall–Kier alpha value is -0.530. The summed E-state index contributed by atoms with van der Waals surface area (Å²) < 4.78 is 0. The van der Waals surface area contributed by atoms with Crippen molar-refractivity contribution in [2.75, 3.05) is 13.1 Å². The summed E-state index contributed by atoms with van der Waals surface area (Å²) in [5.41, 5.74) is 0.356. The molecule has 0 N–H and O–H groups in total. The Kier molecular flexibility index (Phi) is 2.99. The zero-order valence-electron chi connectivity index (χ0n) is 9.26. The Morgan fingerprint density at radius 2 is 2.08 bits per heavy atom. The van der Waals surface area contributed by atoms with E-state index < -0.39 is 0 Å². The van der Waals surface area contributed by atoms with Crippen LogP contribution in [0.5, 0.6) is 0 Å². The van der Waals surface area contributed by atoms with Crippen molar-refractivity contribution >= 4 is 5.91 Å². The largest absolute Gasteiger partial charge is 0.343 e. The number of carbonyl (C=O) groups excluding carboxylic acids is 1. The first kappa shape index (κ1) is 10.6. The highest BCUT2D eigenvalue weighted by Crippen LogP contribution is 2.30. The lowest BCUT2D eigenvalue weighted by molar-refractivity contribution is -0.127. The number of rotatable bonds is 2. The van der Waals surface area contributed by atoms with E-state index in [1.54, 1.807) is 0 Å². The predicted octanol–water partition coefficient (Wildman–Crippen LogP) is 2.29. The van der Waals surface area contributed by atoms with Gasteiger partial charge in [-0.15, -0.1) is 0 Å². The van der Waals surface area contributed by atoms with Gasteiger partial charge in [0.05, 0.1) is 0 Å². The minimum Gasteiger partial charge on any atom is -0.343 e. The number of nitrogens with zero attached hydrogens (tertiary/aromatic N) is 1. The predicted molar refractivity (Wildman–Crippen MR) is 54.4 cm³/mol. The van der Waals surface area contributed by atoms with Crippen molar-refractivity contribution < 1.29 is 4.79 Å². The van der Waals surface area contributed by atoms with Crippen molar-refractivity contribution in [2.45, 2.75) is 40.5 Å². The maximum absolute atomic E-state index is 11.4. The molecule has 0 radical (unpaired) electrons. The third-order valence-corrected chi connectivity index (χ3v) is 2.58. The summed E-state index contributed by atoms with van der Waals surface area (Å²) in [6.07, 6.45) is 1.93. The number of carbonyl (C=O) groups is 1. The molecule has 13 heavy (non-hydrogen) atoms.